The number of nitrogens with zero attached hydrogens (tertiary/aromatic N) is 1. The lowest BCUT2D eigenvalue weighted by atomic mass is 10.1. The lowest BCUT2D eigenvalue weighted by molar-refractivity contribution is -0.142. The Morgan fingerprint density at radius 1 is 1.00 bits per heavy atom. The zero-order valence-electron chi connectivity index (χ0n) is 17.2. The second-order valence-corrected chi connectivity index (χ2v) is 8.58. The number of ketones is 1. The summed E-state index contributed by atoms with van der Waals surface area (Å²) in [5.41, 5.74) is 0.951. The van der Waals surface area contributed by atoms with Crippen LogP contribution in [0.15, 0.2) is 58.4 Å². The van der Waals surface area contributed by atoms with E-state index in [0.717, 1.165) is 6.42 Å². The van der Waals surface area contributed by atoms with Crippen LogP contribution in [0.2, 0.25) is 0 Å². The Labute approximate surface area is 181 Å². The molecule has 2 aromatic rings. The number of hydrogen-bond donors (Lipinski definition) is 1. The number of benzene rings is 2. The number of para-hydroxylation sites is 1. The highest BCUT2D eigenvalue weighted by atomic mass is 32.2. The number of sulfonamides is 1. The molecule has 0 radical (unpaired) electrons. The lowest BCUT2D eigenvalue weighted by Gasteiger charge is -2.08. The van der Waals surface area contributed by atoms with Crippen LogP contribution in [0.5, 0.6) is 5.75 Å². The first kappa shape index (κ1) is 22.5. The minimum atomic E-state index is -3.53. The van der Waals surface area contributed by atoms with Gasteiger partial charge in [-0.3, -0.25) is 19.3 Å². The predicted octanol–water partition coefficient (Wildman–Crippen LogP) is 2.72. The molecular weight excluding hydrogens is 420 g/mol. The average Bonchev–Trinajstić information content (AvgIpc) is 3.04. The monoisotopic (exact) mass is 444 g/mol. The molecule has 1 aliphatic heterocycles. The van der Waals surface area contributed by atoms with E-state index in [4.69, 9.17) is 9.47 Å². The number of carbonyl (C=O) groups excluding carboxylic acids is 2. The van der Waals surface area contributed by atoms with Crippen molar-refractivity contribution in [1.82, 2.24) is 4.72 Å². The third-order valence-electron chi connectivity index (χ3n) is 4.74. The molecule has 9 heteroatoms. The molecule has 3 rings (SSSR count). The molecule has 0 saturated carbocycles. The highest BCUT2D eigenvalue weighted by Crippen LogP contribution is 2.22. The third-order valence-corrected chi connectivity index (χ3v) is 6.14. The molecule has 1 aliphatic rings. The summed E-state index contributed by atoms with van der Waals surface area (Å²) >= 11 is 0. The van der Waals surface area contributed by atoms with Gasteiger partial charge in [-0.25, -0.2) is 8.42 Å². The maximum absolute atomic E-state index is 12.2. The van der Waals surface area contributed by atoms with Crippen LogP contribution in [0.25, 0.3) is 0 Å². The second-order valence-electron chi connectivity index (χ2n) is 6.93. The molecule has 0 spiro atoms. The molecule has 0 atom stereocenters. The summed E-state index contributed by atoms with van der Waals surface area (Å²) in [4.78, 5) is 28.6. The van der Waals surface area contributed by atoms with Crippen molar-refractivity contribution in [2.24, 2.45) is 4.99 Å². The van der Waals surface area contributed by atoms with Gasteiger partial charge in [0.2, 0.25) is 5.78 Å². The smallest absolute Gasteiger partial charge is 0.306 e. The Morgan fingerprint density at radius 2 is 1.74 bits per heavy atom. The van der Waals surface area contributed by atoms with E-state index < -0.39 is 16.0 Å². The summed E-state index contributed by atoms with van der Waals surface area (Å²) in [5.74, 6) is 0.0372. The van der Waals surface area contributed by atoms with Crippen molar-refractivity contribution >= 4 is 27.6 Å². The number of rotatable bonds is 10. The van der Waals surface area contributed by atoms with Crippen molar-refractivity contribution in [2.75, 3.05) is 20.3 Å². The van der Waals surface area contributed by atoms with Crippen LogP contribution >= 0.6 is 0 Å². The number of nitrogens with one attached hydrogen (secondary N) is 1. The van der Waals surface area contributed by atoms with Gasteiger partial charge >= 0.3 is 5.97 Å². The van der Waals surface area contributed by atoms with Crippen LogP contribution in [-0.2, 0) is 19.6 Å². The molecule has 0 aromatic heterocycles. The van der Waals surface area contributed by atoms with Crippen LogP contribution < -0.4 is 9.46 Å². The van der Waals surface area contributed by atoms with Crippen molar-refractivity contribution in [1.29, 1.82) is 0 Å². The molecule has 2 aromatic carbocycles. The van der Waals surface area contributed by atoms with Crippen molar-refractivity contribution in [2.45, 2.75) is 30.6 Å². The van der Waals surface area contributed by atoms with Crippen LogP contribution in [-0.4, -0.2) is 46.3 Å². The summed E-state index contributed by atoms with van der Waals surface area (Å²) in [7, 11) is -2.05. The zero-order valence-corrected chi connectivity index (χ0v) is 18.0. The van der Waals surface area contributed by atoms with Crippen LogP contribution in [0.1, 0.15) is 41.6 Å². The molecule has 1 heterocycles. The molecule has 0 aliphatic carbocycles. The quantitative estimate of drug-likeness (QED) is 0.343. The number of amidine groups is 1. The summed E-state index contributed by atoms with van der Waals surface area (Å²) in [6, 6.07) is 13.5. The van der Waals surface area contributed by atoms with E-state index in [1.54, 1.807) is 48.5 Å². The van der Waals surface area contributed by atoms with Gasteiger partial charge in [-0.15, -0.1) is 0 Å². The second kappa shape index (κ2) is 10.2. The maximum atomic E-state index is 12.2. The van der Waals surface area contributed by atoms with Crippen molar-refractivity contribution in [3.8, 4) is 5.75 Å². The van der Waals surface area contributed by atoms with Crippen LogP contribution in [0, 0.1) is 0 Å². The molecule has 1 N–H and O–H groups in total. The highest BCUT2D eigenvalue weighted by molar-refractivity contribution is 7.90. The Bertz CT molecular complexity index is 1090. The first-order valence-electron chi connectivity index (χ1n) is 9.91. The van der Waals surface area contributed by atoms with Gasteiger partial charge in [0.25, 0.3) is 10.0 Å². The van der Waals surface area contributed by atoms with Gasteiger partial charge in [0.05, 0.1) is 17.6 Å². The van der Waals surface area contributed by atoms with E-state index in [2.05, 4.69) is 9.71 Å². The fraction of sp³-hybridized carbons (Fsp3) is 0.318. The van der Waals surface area contributed by atoms with Gasteiger partial charge < -0.3 is 9.47 Å². The summed E-state index contributed by atoms with van der Waals surface area (Å²) in [5, 5.41) is 0. The van der Waals surface area contributed by atoms with Crippen LogP contribution in [0.3, 0.4) is 0 Å². The number of fused-ring (bicyclic) bond motifs is 1. The van der Waals surface area contributed by atoms with Gasteiger partial charge in [-0.2, -0.15) is 0 Å². The largest absolute Gasteiger partial charge is 0.496 e. The van der Waals surface area contributed by atoms with Gasteiger partial charge in [0.1, 0.15) is 11.6 Å². The van der Waals surface area contributed by atoms with E-state index in [0.29, 0.717) is 42.1 Å². The predicted molar refractivity (Wildman–Crippen MR) is 115 cm³/mol. The van der Waals surface area contributed by atoms with Crippen molar-refractivity contribution in [3.63, 3.8) is 0 Å². The minimum Gasteiger partial charge on any atom is -0.496 e. The van der Waals surface area contributed by atoms with Crippen LogP contribution in [0.4, 0.5) is 0 Å². The number of ether oxygens (including phenoxy) is 2. The fourth-order valence-electron chi connectivity index (χ4n) is 3.17. The Hall–Kier alpha value is -3.20. The molecular formula is C22H24N2O6S. The Balaban J connectivity index is 1.36. The minimum absolute atomic E-state index is 0.200. The zero-order chi connectivity index (χ0) is 22.3. The van der Waals surface area contributed by atoms with E-state index in [1.165, 1.54) is 7.11 Å². The van der Waals surface area contributed by atoms with E-state index >= 15 is 0 Å². The molecule has 164 valence electrons. The first-order chi connectivity index (χ1) is 14.9. The van der Waals surface area contributed by atoms with Gasteiger partial charge in [-0.05, 0) is 37.1 Å². The molecule has 0 fully saturated rings. The number of carbonyl (C=O) groups is 2. The van der Waals surface area contributed by atoms with Crippen molar-refractivity contribution < 1.29 is 27.5 Å². The van der Waals surface area contributed by atoms with Gasteiger partial charge in [-0.1, -0.05) is 30.7 Å². The Morgan fingerprint density at radius 3 is 2.55 bits per heavy atom. The van der Waals surface area contributed by atoms with E-state index in [9.17, 15) is 18.0 Å². The maximum Gasteiger partial charge on any atom is 0.306 e. The number of unbranched alkanes of at least 4 members (excludes halogenated alkanes) is 2. The first-order valence-corrected chi connectivity index (χ1v) is 11.4. The number of methoxy groups -OCH3 is 1. The number of Topliss-reactive ketones (excluding diaryl/α,β-unsaturated/α-hetero) is 1. The van der Waals surface area contributed by atoms with Crippen molar-refractivity contribution in [3.05, 3.63) is 59.7 Å². The molecule has 31 heavy (non-hydrogen) atoms. The summed E-state index contributed by atoms with van der Waals surface area (Å²) in [6.45, 7) is 0.111. The molecule has 8 nitrogen and oxygen atoms in total. The molecule has 0 amide bonds. The topological polar surface area (TPSA) is 111 Å². The average molecular weight is 445 g/mol. The molecule has 0 bridgehead atoms. The highest BCUT2D eigenvalue weighted by Gasteiger charge is 2.29. The Kier molecular flexibility index (Phi) is 7.41. The lowest BCUT2D eigenvalue weighted by Crippen LogP contribution is -2.22. The van der Waals surface area contributed by atoms with Gasteiger partial charge in [0, 0.05) is 18.5 Å². The number of hydrogen-bond acceptors (Lipinski definition) is 7. The number of esters is 1. The summed E-state index contributed by atoms with van der Waals surface area (Å²) in [6.07, 6.45) is 2.21. The molecule has 0 saturated heterocycles. The molecule has 0 unspecified atom stereocenters. The van der Waals surface area contributed by atoms with E-state index in [-0.39, 0.29) is 23.7 Å². The number of aliphatic imine (C=N–C) groups is 1. The van der Waals surface area contributed by atoms with E-state index in [1.807, 2.05) is 0 Å². The summed E-state index contributed by atoms with van der Waals surface area (Å²) < 4.78 is 36.7. The van der Waals surface area contributed by atoms with Gasteiger partial charge in [0.15, 0.2) is 6.61 Å². The normalized spacial score (nSPS) is 15.2. The third kappa shape index (κ3) is 5.69. The SMILES string of the molecule is COc1ccccc1C(=O)COC(=O)CCCCCN=C1NS(=O)(=O)c2ccccc21. The fourth-order valence-corrected chi connectivity index (χ4v) is 4.42. The standard InChI is InChI=1S/C22H24N2O6S/c1-29-19-11-6-4-9-16(19)18(25)15-30-21(26)13-3-2-8-14-23-22-17-10-5-7-12-20(17)31(27,28)24-22/h4-7,9-12H,2-3,8,13-15H2,1H3,(H,23,24).